The van der Waals surface area contributed by atoms with Gasteiger partial charge in [-0.3, -0.25) is 4.79 Å². The Morgan fingerprint density at radius 3 is 2.76 bits per heavy atom. The van der Waals surface area contributed by atoms with E-state index in [-0.39, 0.29) is 11.9 Å². The zero-order chi connectivity index (χ0) is 14.8. The lowest BCUT2D eigenvalue weighted by molar-refractivity contribution is -0.119. The van der Waals surface area contributed by atoms with Gasteiger partial charge in [0.2, 0.25) is 5.91 Å². The quantitative estimate of drug-likeness (QED) is 0.875. The van der Waals surface area contributed by atoms with Crippen LogP contribution >= 0.6 is 0 Å². The van der Waals surface area contributed by atoms with Crippen molar-refractivity contribution < 1.29 is 4.79 Å². The van der Waals surface area contributed by atoms with E-state index in [9.17, 15) is 4.79 Å². The molecule has 1 aliphatic heterocycles. The predicted octanol–water partition coefficient (Wildman–Crippen LogP) is 3.35. The SMILES string of the molecule is CC1(C)C(=O)Nc2ccc(C(N)C3CC4CCC3C4)cc21. The van der Waals surface area contributed by atoms with E-state index < -0.39 is 5.41 Å². The van der Waals surface area contributed by atoms with Crippen molar-refractivity contribution in [3.63, 3.8) is 0 Å². The summed E-state index contributed by atoms with van der Waals surface area (Å²) in [7, 11) is 0. The minimum atomic E-state index is -0.445. The van der Waals surface area contributed by atoms with E-state index >= 15 is 0 Å². The summed E-state index contributed by atoms with van der Waals surface area (Å²) in [6.07, 6.45) is 5.45. The number of benzene rings is 1. The molecule has 3 heteroatoms. The lowest BCUT2D eigenvalue weighted by Gasteiger charge is -2.28. The Kier molecular flexibility index (Phi) is 2.74. The van der Waals surface area contributed by atoms with Crippen molar-refractivity contribution >= 4 is 11.6 Å². The molecule has 3 aliphatic rings. The Balaban J connectivity index is 1.65. The highest BCUT2D eigenvalue weighted by Gasteiger charge is 2.43. The van der Waals surface area contributed by atoms with Crippen molar-refractivity contribution in [2.24, 2.45) is 23.5 Å². The minimum Gasteiger partial charge on any atom is -0.325 e. The van der Waals surface area contributed by atoms with Crippen molar-refractivity contribution in [3.8, 4) is 0 Å². The van der Waals surface area contributed by atoms with Crippen molar-refractivity contribution in [1.29, 1.82) is 0 Å². The van der Waals surface area contributed by atoms with Gasteiger partial charge >= 0.3 is 0 Å². The number of carbonyl (C=O) groups excluding carboxylic acids is 1. The third-order valence-electron chi connectivity index (χ3n) is 6.17. The summed E-state index contributed by atoms with van der Waals surface area (Å²) in [4.78, 5) is 12.1. The molecule has 0 saturated heterocycles. The second-order valence-electron chi connectivity index (χ2n) is 7.75. The number of amides is 1. The van der Waals surface area contributed by atoms with Gasteiger partial charge in [0.1, 0.15) is 0 Å². The maximum atomic E-state index is 12.1. The summed E-state index contributed by atoms with van der Waals surface area (Å²) < 4.78 is 0. The van der Waals surface area contributed by atoms with Crippen LogP contribution in [-0.2, 0) is 10.2 Å². The second-order valence-corrected chi connectivity index (χ2v) is 7.75. The highest BCUT2D eigenvalue weighted by Crippen LogP contribution is 2.52. The van der Waals surface area contributed by atoms with E-state index in [2.05, 4.69) is 17.4 Å². The zero-order valence-corrected chi connectivity index (χ0v) is 12.9. The Hall–Kier alpha value is -1.35. The molecule has 2 bridgehead atoms. The van der Waals surface area contributed by atoms with Crippen LogP contribution in [-0.4, -0.2) is 5.91 Å². The highest BCUT2D eigenvalue weighted by molar-refractivity contribution is 6.05. The summed E-state index contributed by atoms with van der Waals surface area (Å²) in [6.45, 7) is 3.97. The normalized spacial score (nSPS) is 33.9. The fraction of sp³-hybridized carbons (Fsp3) is 0.611. The molecular weight excluding hydrogens is 260 g/mol. The van der Waals surface area contributed by atoms with Gasteiger partial charge in [0.15, 0.2) is 0 Å². The summed E-state index contributed by atoms with van der Waals surface area (Å²) in [5, 5.41) is 2.97. The van der Waals surface area contributed by atoms with E-state index in [1.165, 1.54) is 31.2 Å². The number of hydrogen-bond acceptors (Lipinski definition) is 2. The van der Waals surface area contributed by atoms with Gasteiger partial charge in [0, 0.05) is 11.7 Å². The largest absolute Gasteiger partial charge is 0.325 e. The van der Waals surface area contributed by atoms with Crippen molar-refractivity contribution in [3.05, 3.63) is 29.3 Å². The summed E-state index contributed by atoms with van der Waals surface area (Å²) in [5.41, 5.74) is 9.41. The van der Waals surface area contributed by atoms with Crippen LogP contribution in [0.5, 0.6) is 0 Å². The molecule has 1 aromatic rings. The third-order valence-corrected chi connectivity index (χ3v) is 6.17. The van der Waals surface area contributed by atoms with Gasteiger partial charge in [-0.1, -0.05) is 18.6 Å². The Morgan fingerprint density at radius 2 is 2.10 bits per heavy atom. The monoisotopic (exact) mass is 284 g/mol. The van der Waals surface area contributed by atoms with Crippen LogP contribution in [0.2, 0.25) is 0 Å². The van der Waals surface area contributed by atoms with Crippen LogP contribution in [0.15, 0.2) is 18.2 Å². The first-order valence-electron chi connectivity index (χ1n) is 8.18. The molecule has 1 aromatic carbocycles. The molecule has 0 radical (unpaired) electrons. The first-order chi connectivity index (χ1) is 9.96. The van der Waals surface area contributed by atoms with Gasteiger partial charge in [0.05, 0.1) is 5.41 Å². The number of nitrogens with two attached hydrogens (primary N) is 1. The van der Waals surface area contributed by atoms with Crippen molar-refractivity contribution in [1.82, 2.24) is 0 Å². The van der Waals surface area contributed by atoms with E-state index in [1.807, 2.05) is 19.9 Å². The smallest absolute Gasteiger partial charge is 0.234 e. The number of nitrogens with one attached hydrogen (secondary N) is 1. The van der Waals surface area contributed by atoms with Crippen LogP contribution in [0.4, 0.5) is 5.69 Å². The van der Waals surface area contributed by atoms with Crippen LogP contribution in [0.25, 0.3) is 0 Å². The fourth-order valence-corrected chi connectivity index (χ4v) is 4.78. The first kappa shape index (κ1) is 13.3. The molecule has 1 amide bonds. The number of carbonyl (C=O) groups is 1. The van der Waals surface area contributed by atoms with Crippen LogP contribution in [0, 0.1) is 17.8 Å². The lowest BCUT2D eigenvalue weighted by atomic mass is 9.79. The van der Waals surface area contributed by atoms with E-state index in [4.69, 9.17) is 5.73 Å². The van der Waals surface area contributed by atoms with Crippen LogP contribution in [0.1, 0.15) is 56.7 Å². The molecule has 1 heterocycles. The molecule has 0 aromatic heterocycles. The Morgan fingerprint density at radius 1 is 1.29 bits per heavy atom. The minimum absolute atomic E-state index is 0.0862. The molecular formula is C18H24N2O. The zero-order valence-electron chi connectivity index (χ0n) is 12.9. The van der Waals surface area contributed by atoms with Gasteiger partial charge in [-0.05, 0) is 68.1 Å². The van der Waals surface area contributed by atoms with Crippen LogP contribution < -0.4 is 11.1 Å². The highest BCUT2D eigenvalue weighted by atomic mass is 16.2. The molecule has 2 aliphatic carbocycles. The maximum Gasteiger partial charge on any atom is 0.234 e. The molecule has 2 fully saturated rings. The summed E-state index contributed by atoms with van der Waals surface area (Å²) >= 11 is 0. The topological polar surface area (TPSA) is 55.1 Å². The van der Waals surface area contributed by atoms with Crippen molar-refractivity contribution in [2.45, 2.75) is 51.0 Å². The van der Waals surface area contributed by atoms with Gasteiger partial charge in [-0.15, -0.1) is 0 Å². The van der Waals surface area contributed by atoms with Gasteiger partial charge < -0.3 is 11.1 Å². The number of rotatable bonds is 2. The number of hydrogen-bond donors (Lipinski definition) is 2. The summed E-state index contributed by atoms with van der Waals surface area (Å²) in [6, 6.07) is 6.43. The molecule has 4 unspecified atom stereocenters. The summed E-state index contributed by atoms with van der Waals surface area (Å²) in [5.74, 6) is 2.46. The molecule has 3 nitrogen and oxygen atoms in total. The molecule has 3 N–H and O–H groups in total. The maximum absolute atomic E-state index is 12.1. The average Bonchev–Trinajstić information content (AvgIpc) is 3.13. The molecule has 0 spiro atoms. The Bertz CT molecular complexity index is 607. The number of anilines is 1. The van der Waals surface area contributed by atoms with Gasteiger partial charge in [-0.25, -0.2) is 0 Å². The van der Waals surface area contributed by atoms with Crippen LogP contribution in [0.3, 0.4) is 0 Å². The van der Waals surface area contributed by atoms with E-state index in [1.54, 1.807) is 0 Å². The molecule has 112 valence electrons. The lowest BCUT2D eigenvalue weighted by Crippen LogP contribution is -2.28. The Labute approximate surface area is 126 Å². The average molecular weight is 284 g/mol. The molecule has 4 atom stereocenters. The van der Waals surface area contributed by atoms with Gasteiger partial charge in [0.25, 0.3) is 0 Å². The number of fused-ring (bicyclic) bond motifs is 3. The standard InChI is InChI=1S/C18H24N2O/c1-18(2)14-9-12(5-6-15(14)20-17(18)21)16(19)13-8-10-3-4-11(13)7-10/h5-6,9-11,13,16H,3-4,7-8,19H2,1-2H3,(H,20,21). The van der Waals surface area contributed by atoms with E-state index in [0.29, 0.717) is 5.92 Å². The fourth-order valence-electron chi connectivity index (χ4n) is 4.78. The predicted molar refractivity (Wildman–Crippen MR) is 84.0 cm³/mol. The molecule has 4 rings (SSSR count). The van der Waals surface area contributed by atoms with Crippen molar-refractivity contribution in [2.75, 3.05) is 5.32 Å². The molecule has 21 heavy (non-hydrogen) atoms. The third kappa shape index (κ3) is 1.87. The molecule has 2 saturated carbocycles. The first-order valence-corrected chi connectivity index (χ1v) is 8.18. The van der Waals surface area contributed by atoms with E-state index in [0.717, 1.165) is 23.1 Å². The van der Waals surface area contributed by atoms with Gasteiger partial charge in [-0.2, -0.15) is 0 Å². The second kappa shape index (κ2) is 4.33.